The molecule has 1 unspecified atom stereocenters. The zero-order valence-corrected chi connectivity index (χ0v) is 12.4. The first kappa shape index (κ1) is 17.5. The summed E-state index contributed by atoms with van der Waals surface area (Å²) in [6.45, 7) is 5.86. The predicted octanol–water partition coefficient (Wildman–Crippen LogP) is 2.89. The highest BCUT2D eigenvalue weighted by Crippen LogP contribution is 2.29. The number of hydrogen-bond donors (Lipinski definition) is 3. The van der Waals surface area contributed by atoms with Crippen LogP contribution in [-0.2, 0) is 6.18 Å². The molecular weight excluding hydrogens is 285 g/mol. The summed E-state index contributed by atoms with van der Waals surface area (Å²) in [4.78, 5) is 7.43. The van der Waals surface area contributed by atoms with Gasteiger partial charge in [-0.15, -0.1) is 0 Å². The average Bonchev–Trinajstić information content (AvgIpc) is 2.42. The molecule has 1 rings (SSSR count). The Morgan fingerprint density at radius 1 is 1.19 bits per heavy atom. The van der Waals surface area contributed by atoms with E-state index in [0.717, 1.165) is 12.5 Å². The molecule has 0 bridgehead atoms. The fraction of sp³-hybridized carbons (Fsp3) is 0.692. The van der Waals surface area contributed by atoms with Gasteiger partial charge in [0, 0.05) is 19.2 Å². The first-order valence-electron chi connectivity index (χ1n) is 6.84. The molecule has 0 fully saturated rings. The van der Waals surface area contributed by atoms with Gasteiger partial charge in [-0.25, -0.2) is 4.98 Å². The molecule has 0 amide bonds. The van der Waals surface area contributed by atoms with Crippen molar-refractivity contribution in [3.8, 4) is 0 Å². The number of nitrogens with one attached hydrogen (secondary N) is 2. The van der Waals surface area contributed by atoms with E-state index in [1.54, 1.807) is 13.8 Å². The Hall–Kier alpha value is -1.57. The standard InChI is InChI=1S/C13H21F3N4O/c1-4-6-17-11-19-9(13(14,15)16)7-10(20-11)18-8-12(3,21)5-2/h7,21H,4-6,8H2,1-3H3,(H2,17,18,19,20). The van der Waals surface area contributed by atoms with Crippen LogP contribution in [0.2, 0.25) is 0 Å². The van der Waals surface area contributed by atoms with Gasteiger partial charge in [-0.1, -0.05) is 13.8 Å². The van der Waals surface area contributed by atoms with Gasteiger partial charge in [0.2, 0.25) is 5.95 Å². The molecular formula is C13H21F3N4O. The lowest BCUT2D eigenvalue weighted by Gasteiger charge is -2.22. The Morgan fingerprint density at radius 2 is 1.86 bits per heavy atom. The Labute approximate surface area is 122 Å². The van der Waals surface area contributed by atoms with E-state index in [-0.39, 0.29) is 18.3 Å². The van der Waals surface area contributed by atoms with Crippen LogP contribution in [0.5, 0.6) is 0 Å². The maximum Gasteiger partial charge on any atom is 0.433 e. The summed E-state index contributed by atoms with van der Waals surface area (Å²) in [6, 6.07) is 0.836. The minimum atomic E-state index is -4.55. The lowest BCUT2D eigenvalue weighted by atomic mass is 10.0. The molecule has 0 radical (unpaired) electrons. The number of rotatable bonds is 7. The third kappa shape index (κ3) is 5.74. The molecule has 0 spiro atoms. The van der Waals surface area contributed by atoms with Crippen LogP contribution in [0, 0.1) is 0 Å². The first-order valence-corrected chi connectivity index (χ1v) is 6.84. The van der Waals surface area contributed by atoms with E-state index in [0.29, 0.717) is 13.0 Å². The molecule has 1 aromatic heterocycles. The van der Waals surface area contributed by atoms with Crippen molar-refractivity contribution in [1.29, 1.82) is 0 Å². The zero-order chi connectivity index (χ0) is 16.1. The molecule has 0 aliphatic carbocycles. The van der Waals surface area contributed by atoms with E-state index >= 15 is 0 Å². The van der Waals surface area contributed by atoms with E-state index in [2.05, 4.69) is 20.6 Å². The van der Waals surface area contributed by atoms with E-state index in [4.69, 9.17) is 0 Å². The molecule has 0 saturated heterocycles. The van der Waals surface area contributed by atoms with Gasteiger partial charge in [-0.3, -0.25) is 0 Å². The molecule has 1 heterocycles. The maximum absolute atomic E-state index is 12.8. The molecule has 0 aliphatic rings. The van der Waals surface area contributed by atoms with E-state index < -0.39 is 17.5 Å². The summed E-state index contributed by atoms with van der Waals surface area (Å²) in [7, 11) is 0. The fourth-order valence-corrected chi connectivity index (χ4v) is 1.40. The second kappa shape index (κ2) is 6.93. The highest BCUT2D eigenvalue weighted by atomic mass is 19.4. The number of anilines is 2. The third-order valence-corrected chi connectivity index (χ3v) is 2.96. The molecule has 1 atom stereocenters. The van der Waals surface area contributed by atoms with Crippen molar-refractivity contribution in [2.75, 3.05) is 23.7 Å². The Balaban J connectivity index is 2.96. The van der Waals surface area contributed by atoms with Crippen molar-refractivity contribution in [3.63, 3.8) is 0 Å². The number of aliphatic hydroxyl groups is 1. The van der Waals surface area contributed by atoms with Gasteiger partial charge in [0.25, 0.3) is 0 Å². The summed E-state index contributed by atoms with van der Waals surface area (Å²) in [5, 5.41) is 15.3. The van der Waals surface area contributed by atoms with Crippen LogP contribution < -0.4 is 10.6 Å². The first-order chi connectivity index (χ1) is 9.68. The van der Waals surface area contributed by atoms with Crippen LogP contribution in [-0.4, -0.2) is 33.8 Å². The second-order valence-electron chi connectivity index (χ2n) is 5.09. The summed E-state index contributed by atoms with van der Waals surface area (Å²) < 4.78 is 38.4. The molecule has 0 saturated carbocycles. The molecule has 3 N–H and O–H groups in total. The summed E-state index contributed by atoms with van der Waals surface area (Å²) in [6.07, 6.45) is -3.33. The lowest BCUT2D eigenvalue weighted by Crippen LogP contribution is -2.32. The van der Waals surface area contributed by atoms with Gasteiger partial charge in [0.1, 0.15) is 5.82 Å². The largest absolute Gasteiger partial charge is 0.433 e. The Morgan fingerprint density at radius 3 is 2.38 bits per heavy atom. The van der Waals surface area contributed by atoms with Crippen molar-refractivity contribution >= 4 is 11.8 Å². The quantitative estimate of drug-likeness (QED) is 0.722. The number of halogens is 3. The van der Waals surface area contributed by atoms with Crippen LogP contribution in [0.25, 0.3) is 0 Å². The van der Waals surface area contributed by atoms with Gasteiger partial charge in [0.05, 0.1) is 5.60 Å². The van der Waals surface area contributed by atoms with Crippen molar-refractivity contribution in [1.82, 2.24) is 9.97 Å². The number of aromatic nitrogens is 2. The Kier molecular flexibility index (Phi) is 5.77. The van der Waals surface area contributed by atoms with Crippen LogP contribution >= 0.6 is 0 Å². The summed E-state index contributed by atoms with van der Waals surface area (Å²) in [5.41, 5.74) is -2.03. The van der Waals surface area contributed by atoms with Gasteiger partial charge < -0.3 is 15.7 Å². The molecule has 0 aliphatic heterocycles. The molecule has 0 aromatic carbocycles. The van der Waals surface area contributed by atoms with Gasteiger partial charge in [-0.05, 0) is 19.8 Å². The van der Waals surface area contributed by atoms with Crippen molar-refractivity contribution in [2.45, 2.75) is 45.4 Å². The molecule has 120 valence electrons. The summed E-state index contributed by atoms with van der Waals surface area (Å²) >= 11 is 0. The fourth-order valence-electron chi connectivity index (χ4n) is 1.40. The highest BCUT2D eigenvalue weighted by molar-refractivity contribution is 5.43. The topological polar surface area (TPSA) is 70.1 Å². The molecule has 21 heavy (non-hydrogen) atoms. The monoisotopic (exact) mass is 306 g/mol. The minimum absolute atomic E-state index is 0.0321. The summed E-state index contributed by atoms with van der Waals surface area (Å²) in [5.74, 6) is -0.0463. The third-order valence-electron chi connectivity index (χ3n) is 2.96. The zero-order valence-electron chi connectivity index (χ0n) is 12.4. The maximum atomic E-state index is 12.8. The highest BCUT2D eigenvalue weighted by Gasteiger charge is 2.34. The van der Waals surface area contributed by atoms with Crippen molar-refractivity contribution in [3.05, 3.63) is 11.8 Å². The molecule has 8 heteroatoms. The smallest absolute Gasteiger partial charge is 0.388 e. The minimum Gasteiger partial charge on any atom is -0.388 e. The van der Waals surface area contributed by atoms with Gasteiger partial charge >= 0.3 is 6.18 Å². The number of nitrogens with zero attached hydrogens (tertiary/aromatic N) is 2. The average molecular weight is 306 g/mol. The van der Waals surface area contributed by atoms with Crippen LogP contribution in [0.4, 0.5) is 24.9 Å². The van der Waals surface area contributed by atoms with Gasteiger partial charge in [0.15, 0.2) is 5.69 Å². The predicted molar refractivity (Wildman–Crippen MR) is 75.2 cm³/mol. The normalized spacial score (nSPS) is 14.6. The van der Waals surface area contributed by atoms with Crippen LogP contribution in [0.15, 0.2) is 6.07 Å². The van der Waals surface area contributed by atoms with Crippen molar-refractivity contribution in [2.24, 2.45) is 0 Å². The van der Waals surface area contributed by atoms with Crippen LogP contribution in [0.3, 0.4) is 0 Å². The van der Waals surface area contributed by atoms with Gasteiger partial charge in [-0.2, -0.15) is 18.2 Å². The Bertz CT molecular complexity index is 463. The van der Waals surface area contributed by atoms with E-state index in [1.165, 1.54) is 0 Å². The second-order valence-corrected chi connectivity index (χ2v) is 5.09. The number of hydrogen-bond acceptors (Lipinski definition) is 5. The van der Waals surface area contributed by atoms with Crippen molar-refractivity contribution < 1.29 is 18.3 Å². The molecule has 1 aromatic rings. The van der Waals surface area contributed by atoms with Crippen LogP contribution in [0.1, 0.15) is 39.3 Å². The molecule has 5 nitrogen and oxygen atoms in total. The SMILES string of the molecule is CCCNc1nc(NCC(C)(O)CC)cc(C(F)(F)F)n1. The van der Waals surface area contributed by atoms with E-state index in [9.17, 15) is 18.3 Å². The number of alkyl halides is 3. The lowest BCUT2D eigenvalue weighted by molar-refractivity contribution is -0.141. The van der Waals surface area contributed by atoms with E-state index in [1.807, 2.05) is 6.92 Å².